The van der Waals surface area contributed by atoms with E-state index >= 15 is 0 Å². The molecule has 4 nitrogen and oxygen atoms in total. The molecule has 174 valence electrons. The lowest BCUT2D eigenvalue weighted by Crippen LogP contribution is -2.41. The van der Waals surface area contributed by atoms with E-state index in [0.29, 0.717) is 18.0 Å². The van der Waals surface area contributed by atoms with Crippen LogP contribution in [0.5, 0.6) is 11.5 Å². The van der Waals surface area contributed by atoms with Crippen molar-refractivity contribution >= 4 is 17.6 Å². The molecule has 1 aliphatic heterocycles. The zero-order valence-corrected chi connectivity index (χ0v) is 20.6. The van der Waals surface area contributed by atoms with Crippen molar-refractivity contribution in [2.24, 2.45) is 11.8 Å². The van der Waals surface area contributed by atoms with E-state index in [9.17, 15) is 4.79 Å². The highest BCUT2D eigenvalue weighted by molar-refractivity contribution is 6.30. The Morgan fingerprint density at radius 1 is 1.06 bits per heavy atom. The summed E-state index contributed by atoms with van der Waals surface area (Å²) in [5, 5.41) is 4.26. The lowest BCUT2D eigenvalue weighted by atomic mass is 9.78. The third kappa shape index (κ3) is 6.05. The summed E-state index contributed by atoms with van der Waals surface area (Å²) in [5.74, 6) is 2.41. The van der Waals surface area contributed by atoms with Crippen LogP contribution in [0.15, 0.2) is 42.5 Å². The maximum Gasteiger partial charge on any atom is 0.307 e. The van der Waals surface area contributed by atoms with Crippen LogP contribution >= 0.6 is 11.6 Å². The van der Waals surface area contributed by atoms with E-state index in [-0.39, 0.29) is 35.9 Å². The minimum atomic E-state index is -0.342. The monoisotopic (exact) mass is 457 g/mol. The van der Waals surface area contributed by atoms with Gasteiger partial charge in [-0.1, -0.05) is 70.8 Å². The van der Waals surface area contributed by atoms with Crippen LogP contribution in [0.1, 0.15) is 76.8 Å². The highest BCUT2D eigenvalue weighted by Crippen LogP contribution is 2.48. The van der Waals surface area contributed by atoms with Crippen molar-refractivity contribution < 1.29 is 14.3 Å². The van der Waals surface area contributed by atoms with E-state index in [1.807, 2.05) is 44.2 Å². The van der Waals surface area contributed by atoms with Gasteiger partial charge in [0.1, 0.15) is 11.5 Å². The average molecular weight is 458 g/mol. The zero-order valence-electron chi connectivity index (χ0n) is 19.9. The van der Waals surface area contributed by atoms with E-state index in [1.165, 1.54) is 5.56 Å². The van der Waals surface area contributed by atoms with Crippen LogP contribution in [0.3, 0.4) is 0 Å². The van der Waals surface area contributed by atoms with Gasteiger partial charge in [0.15, 0.2) is 6.23 Å². The summed E-state index contributed by atoms with van der Waals surface area (Å²) in [5.41, 5.74) is 2.31. The average Bonchev–Trinajstić information content (AvgIpc) is 2.85. The summed E-state index contributed by atoms with van der Waals surface area (Å²) in [6.07, 6.45) is 2.16. The predicted octanol–water partition coefficient (Wildman–Crippen LogP) is 7.27. The molecule has 3 atom stereocenters. The van der Waals surface area contributed by atoms with E-state index < -0.39 is 0 Å². The first-order valence-corrected chi connectivity index (χ1v) is 12.2. The van der Waals surface area contributed by atoms with Crippen molar-refractivity contribution in [3.8, 4) is 11.5 Å². The number of esters is 1. The number of halogens is 1. The van der Waals surface area contributed by atoms with Gasteiger partial charge in [-0.05, 0) is 48.1 Å². The molecule has 0 bridgehead atoms. The molecule has 0 amide bonds. The van der Waals surface area contributed by atoms with E-state index in [2.05, 4.69) is 38.2 Å². The standard InChI is InChI=1S/C27H36ClNO3/c1-6-9-20-21-10-7-8-11-24(21)31-25-13-12-19(28)15-22(25)23(20)16-29-27(18(4)5)32-26(30)14-17(2)3/h7-8,10-13,15,17-18,20,23,27,29H,6,9,14,16H2,1-5H3. The van der Waals surface area contributed by atoms with Gasteiger partial charge in [0.05, 0.1) is 0 Å². The highest BCUT2D eigenvalue weighted by atomic mass is 35.5. The third-order valence-electron chi connectivity index (χ3n) is 5.97. The van der Waals surface area contributed by atoms with E-state index in [0.717, 1.165) is 29.9 Å². The molecule has 0 saturated carbocycles. The van der Waals surface area contributed by atoms with Crippen molar-refractivity contribution in [2.45, 2.75) is 71.9 Å². The Kier molecular flexibility index (Phi) is 8.61. The number of hydrogen-bond donors (Lipinski definition) is 1. The Morgan fingerprint density at radius 2 is 1.78 bits per heavy atom. The van der Waals surface area contributed by atoms with Gasteiger partial charge in [-0.2, -0.15) is 0 Å². The Morgan fingerprint density at radius 3 is 2.47 bits per heavy atom. The predicted molar refractivity (Wildman–Crippen MR) is 131 cm³/mol. The number of fused-ring (bicyclic) bond motifs is 2. The summed E-state index contributed by atoms with van der Waals surface area (Å²) in [4.78, 5) is 12.3. The van der Waals surface area contributed by atoms with Gasteiger partial charge < -0.3 is 9.47 Å². The number of carbonyl (C=O) groups excluding carboxylic acids is 1. The number of para-hydroxylation sites is 1. The minimum Gasteiger partial charge on any atom is -0.457 e. The first kappa shape index (κ1) is 24.6. The normalized spacial score (nSPS) is 18.5. The van der Waals surface area contributed by atoms with Gasteiger partial charge in [0, 0.05) is 35.4 Å². The number of nitrogens with one attached hydrogen (secondary N) is 1. The molecule has 1 aliphatic rings. The Hall–Kier alpha value is -2.04. The molecule has 0 aromatic heterocycles. The van der Waals surface area contributed by atoms with Crippen molar-refractivity contribution in [2.75, 3.05) is 6.54 Å². The molecule has 32 heavy (non-hydrogen) atoms. The fourth-order valence-corrected chi connectivity index (χ4v) is 4.61. The van der Waals surface area contributed by atoms with Crippen molar-refractivity contribution in [1.29, 1.82) is 0 Å². The van der Waals surface area contributed by atoms with Crippen molar-refractivity contribution in [1.82, 2.24) is 5.32 Å². The second-order valence-corrected chi connectivity index (χ2v) is 9.92. The Bertz CT molecular complexity index is 912. The maximum absolute atomic E-state index is 12.3. The van der Waals surface area contributed by atoms with Crippen LogP contribution in [0.4, 0.5) is 0 Å². The molecule has 2 aromatic rings. The molecule has 2 aromatic carbocycles. The van der Waals surface area contributed by atoms with Crippen LogP contribution in [0.25, 0.3) is 0 Å². The molecule has 0 radical (unpaired) electrons. The molecule has 3 rings (SSSR count). The van der Waals surface area contributed by atoms with Crippen LogP contribution in [0, 0.1) is 11.8 Å². The fourth-order valence-electron chi connectivity index (χ4n) is 4.43. The molecule has 0 aliphatic carbocycles. The number of ether oxygens (including phenoxy) is 2. The number of carbonyl (C=O) groups is 1. The summed E-state index contributed by atoms with van der Waals surface area (Å²) in [6.45, 7) is 11.1. The molecular formula is C27H36ClNO3. The highest BCUT2D eigenvalue weighted by Gasteiger charge is 2.33. The van der Waals surface area contributed by atoms with Gasteiger partial charge >= 0.3 is 5.97 Å². The summed E-state index contributed by atoms with van der Waals surface area (Å²) in [6, 6.07) is 14.1. The first-order valence-electron chi connectivity index (χ1n) is 11.8. The second kappa shape index (κ2) is 11.2. The smallest absolute Gasteiger partial charge is 0.307 e. The molecule has 0 saturated heterocycles. The van der Waals surface area contributed by atoms with Gasteiger partial charge in [0.25, 0.3) is 0 Å². The Labute approximate surface area is 197 Å². The molecule has 5 heteroatoms. The van der Waals surface area contributed by atoms with Crippen LogP contribution in [-0.2, 0) is 9.53 Å². The summed E-state index contributed by atoms with van der Waals surface area (Å²) < 4.78 is 12.2. The topological polar surface area (TPSA) is 47.6 Å². The quantitative estimate of drug-likeness (QED) is 0.317. The van der Waals surface area contributed by atoms with Crippen molar-refractivity contribution in [3.05, 3.63) is 58.6 Å². The van der Waals surface area contributed by atoms with Gasteiger partial charge in [0.2, 0.25) is 0 Å². The van der Waals surface area contributed by atoms with E-state index in [4.69, 9.17) is 21.1 Å². The second-order valence-electron chi connectivity index (χ2n) is 9.48. The molecule has 0 spiro atoms. The van der Waals surface area contributed by atoms with Gasteiger partial charge in [-0.15, -0.1) is 0 Å². The number of benzene rings is 2. The number of rotatable bonds is 9. The maximum atomic E-state index is 12.3. The molecule has 1 N–H and O–H groups in total. The first-order chi connectivity index (χ1) is 15.3. The van der Waals surface area contributed by atoms with Crippen LogP contribution in [-0.4, -0.2) is 18.7 Å². The molecule has 3 unspecified atom stereocenters. The number of hydrogen-bond acceptors (Lipinski definition) is 4. The molecular weight excluding hydrogens is 422 g/mol. The third-order valence-corrected chi connectivity index (χ3v) is 6.21. The lowest BCUT2D eigenvalue weighted by Gasteiger charge is -2.30. The van der Waals surface area contributed by atoms with Gasteiger partial charge in [-0.25, -0.2) is 0 Å². The molecule has 1 heterocycles. The van der Waals surface area contributed by atoms with Gasteiger partial charge in [-0.3, -0.25) is 10.1 Å². The Balaban J connectivity index is 1.92. The zero-order chi connectivity index (χ0) is 23.3. The summed E-state index contributed by atoms with van der Waals surface area (Å²) >= 11 is 6.42. The lowest BCUT2D eigenvalue weighted by molar-refractivity contribution is -0.154. The van der Waals surface area contributed by atoms with E-state index in [1.54, 1.807) is 0 Å². The van der Waals surface area contributed by atoms with Crippen LogP contribution in [0.2, 0.25) is 5.02 Å². The minimum absolute atomic E-state index is 0.136. The molecule has 0 fully saturated rings. The van der Waals surface area contributed by atoms with Crippen molar-refractivity contribution in [3.63, 3.8) is 0 Å². The fraction of sp³-hybridized carbons (Fsp3) is 0.519. The van der Waals surface area contributed by atoms with Crippen LogP contribution < -0.4 is 10.1 Å². The summed E-state index contributed by atoms with van der Waals surface area (Å²) in [7, 11) is 0. The largest absolute Gasteiger partial charge is 0.457 e. The SMILES string of the molecule is CCCC1c2ccccc2Oc2ccc(Cl)cc2C1CNC(OC(=O)CC(C)C)C(C)C.